The van der Waals surface area contributed by atoms with Crippen LogP contribution in [-0.2, 0) is 19.4 Å². The summed E-state index contributed by atoms with van der Waals surface area (Å²) in [6.07, 6.45) is 1.12. The lowest BCUT2D eigenvalue weighted by Gasteiger charge is -2.24. The summed E-state index contributed by atoms with van der Waals surface area (Å²) in [5.74, 6) is -1.74. The van der Waals surface area contributed by atoms with Crippen LogP contribution in [0.15, 0.2) is 83.5 Å². The van der Waals surface area contributed by atoms with Gasteiger partial charge in [0.1, 0.15) is 17.9 Å². The molecule has 4 aromatic rings. The number of nitrogens with zero attached hydrogens (tertiary/aromatic N) is 1. The molecule has 0 saturated heterocycles. The highest BCUT2D eigenvalue weighted by Gasteiger charge is 2.24. The second-order valence-electron chi connectivity index (χ2n) is 8.84. The Labute approximate surface area is 214 Å². The van der Waals surface area contributed by atoms with Gasteiger partial charge in [-0.2, -0.15) is 0 Å². The maximum atomic E-state index is 13.8. The maximum Gasteiger partial charge on any atom is 0.273 e. The fraction of sp³-hybridized carbons (Fsp3) is 0.241. The van der Waals surface area contributed by atoms with E-state index < -0.39 is 29.7 Å². The molecule has 0 spiro atoms. The highest BCUT2D eigenvalue weighted by molar-refractivity contribution is 5.92. The topological polar surface area (TPSA) is 87.4 Å². The zero-order valence-corrected chi connectivity index (χ0v) is 20.5. The number of hydrogen-bond donors (Lipinski definition) is 3. The van der Waals surface area contributed by atoms with Crippen LogP contribution >= 0.6 is 0 Å². The summed E-state index contributed by atoms with van der Waals surface area (Å²) in [5.41, 5.74) is 3.33. The van der Waals surface area contributed by atoms with E-state index in [1.165, 1.54) is 24.0 Å². The molecule has 3 N–H and O–H groups in total. The Bertz CT molecular complexity index is 1310. The van der Waals surface area contributed by atoms with Crippen LogP contribution in [0.3, 0.4) is 0 Å². The second-order valence-corrected chi connectivity index (χ2v) is 8.84. The van der Waals surface area contributed by atoms with Gasteiger partial charge in [0.05, 0.1) is 12.1 Å². The number of amides is 1. The molecule has 1 aromatic heterocycles. The monoisotopic (exact) mass is 505 g/mol. The van der Waals surface area contributed by atoms with Gasteiger partial charge >= 0.3 is 0 Å². The predicted molar refractivity (Wildman–Crippen MR) is 137 cm³/mol. The van der Waals surface area contributed by atoms with E-state index >= 15 is 0 Å². The SMILES string of the molecule is CCc1cccc(CNC[C@H](O)[C@H](Cc2cc(F)cc(F)c2)NC(=O)c2coc(-c3ccccc3)n2)c1. The van der Waals surface area contributed by atoms with E-state index in [1.807, 2.05) is 30.3 Å². The van der Waals surface area contributed by atoms with Crippen LogP contribution in [0.5, 0.6) is 0 Å². The van der Waals surface area contributed by atoms with Crippen LogP contribution in [0.2, 0.25) is 0 Å². The number of aliphatic hydroxyl groups excluding tert-OH is 1. The number of rotatable bonds is 11. The molecule has 0 bridgehead atoms. The zero-order valence-electron chi connectivity index (χ0n) is 20.5. The molecular weight excluding hydrogens is 476 g/mol. The molecule has 192 valence electrons. The first-order chi connectivity index (χ1) is 17.9. The molecule has 0 aliphatic carbocycles. The van der Waals surface area contributed by atoms with Gasteiger partial charge in [0.2, 0.25) is 5.89 Å². The Morgan fingerprint density at radius 1 is 0.973 bits per heavy atom. The molecule has 1 heterocycles. The van der Waals surface area contributed by atoms with Crippen molar-refractivity contribution in [1.29, 1.82) is 0 Å². The van der Waals surface area contributed by atoms with Crippen molar-refractivity contribution in [1.82, 2.24) is 15.6 Å². The Morgan fingerprint density at radius 2 is 1.70 bits per heavy atom. The van der Waals surface area contributed by atoms with Crippen molar-refractivity contribution in [2.75, 3.05) is 6.54 Å². The molecule has 0 aliphatic heterocycles. The summed E-state index contributed by atoms with van der Waals surface area (Å²) >= 11 is 0. The van der Waals surface area contributed by atoms with E-state index in [0.29, 0.717) is 17.7 Å². The summed E-state index contributed by atoms with van der Waals surface area (Å²) in [7, 11) is 0. The number of hydrogen-bond acceptors (Lipinski definition) is 5. The number of nitrogens with one attached hydrogen (secondary N) is 2. The molecule has 37 heavy (non-hydrogen) atoms. The second kappa shape index (κ2) is 12.4. The summed E-state index contributed by atoms with van der Waals surface area (Å²) in [5, 5.41) is 16.9. The number of carbonyl (C=O) groups is 1. The molecular formula is C29H29F2N3O3. The van der Waals surface area contributed by atoms with Gasteiger partial charge < -0.3 is 20.2 Å². The minimum absolute atomic E-state index is 0.0119. The number of benzene rings is 3. The molecule has 1 amide bonds. The molecule has 0 aliphatic rings. The number of aromatic nitrogens is 1. The van der Waals surface area contributed by atoms with Gasteiger partial charge in [0, 0.05) is 24.7 Å². The predicted octanol–water partition coefficient (Wildman–Crippen LogP) is 4.67. The third-order valence-electron chi connectivity index (χ3n) is 6.00. The average Bonchev–Trinajstić information content (AvgIpc) is 3.39. The van der Waals surface area contributed by atoms with Gasteiger partial charge in [-0.05, 0) is 53.8 Å². The summed E-state index contributed by atoms with van der Waals surface area (Å²) < 4.78 is 33.0. The Morgan fingerprint density at radius 3 is 2.43 bits per heavy atom. The van der Waals surface area contributed by atoms with Crippen LogP contribution in [0.25, 0.3) is 11.5 Å². The minimum atomic E-state index is -1.05. The van der Waals surface area contributed by atoms with E-state index in [9.17, 15) is 18.7 Å². The third kappa shape index (κ3) is 7.31. The van der Waals surface area contributed by atoms with Gasteiger partial charge in [-0.1, -0.05) is 49.4 Å². The molecule has 6 nitrogen and oxygen atoms in total. The quantitative estimate of drug-likeness (QED) is 0.276. The standard InChI is InChI=1S/C29H29F2N3O3/c1-2-19-7-6-8-20(11-19)16-32-17-27(35)25(14-21-12-23(30)15-24(31)13-21)33-28(36)26-18-37-29(34-26)22-9-4-3-5-10-22/h3-13,15,18,25,27,32,35H,2,14,16-17H2,1H3,(H,33,36)/t25-,27-/m0/s1. The largest absolute Gasteiger partial charge is 0.444 e. The van der Waals surface area contributed by atoms with Crippen LogP contribution < -0.4 is 10.6 Å². The smallest absolute Gasteiger partial charge is 0.273 e. The van der Waals surface area contributed by atoms with Crippen LogP contribution in [0.1, 0.15) is 34.1 Å². The molecule has 0 fully saturated rings. The minimum Gasteiger partial charge on any atom is -0.444 e. The number of carbonyl (C=O) groups excluding carboxylic acids is 1. The van der Waals surface area contributed by atoms with Crippen molar-refractivity contribution in [3.8, 4) is 11.5 Å². The highest BCUT2D eigenvalue weighted by atomic mass is 19.1. The van der Waals surface area contributed by atoms with Crippen molar-refractivity contribution < 1.29 is 23.1 Å². The lowest BCUT2D eigenvalue weighted by molar-refractivity contribution is 0.0825. The first-order valence-corrected chi connectivity index (χ1v) is 12.1. The fourth-order valence-electron chi connectivity index (χ4n) is 4.07. The van der Waals surface area contributed by atoms with Gasteiger partial charge in [-0.25, -0.2) is 13.8 Å². The molecule has 4 rings (SSSR count). The molecule has 0 saturated carbocycles. The highest BCUT2D eigenvalue weighted by Crippen LogP contribution is 2.18. The summed E-state index contributed by atoms with van der Waals surface area (Å²) in [6.45, 7) is 2.74. The first-order valence-electron chi connectivity index (χ1n) is 12.1. The summed E-state index contributed by atoms with van der Waals surface area (Å²) in [6, 6.07) is 19.5. The van der Waals surface area contributed by atoms with Crippen molar-refractivity contribution in [3.63, 3.8) is 0 Å². The zero-order chi connectivity index (χ0) is 26.2. The van der Waals surface area contributed by atoms with Gasteiger partial charge in [0.25, 0.3) is 5.91 Å². The van der Waals surface area contributed by atoms with E-state index in [2.05, 4.69) is 34.7 Å². The lowest BCUT2D eigenvalue weighted by atomic mass is 10.00. The van der Waals surface area contributed by atoms with Crippen molar-refractivity contribution >= 4 is 5.91 Å². The van der Waals surface area contributed by atoms with E-state index in [1.54, 1.807) is 12.1 Å². The normalized spacial score (nSPS) is 12.8. The molecule has 8 heteroatoms. The van der Waals surface area contributed by atoms with Crippen LogP contribution in [0.4, 0.5) is 8.78 Å². The fourth-order valence-corrected chi connectivity index (χ4v) is 4.07. The Hall–Kier alpha value is -3.88. The molecule has 3 aromatic carbocycles. The third-order valence-corrected chi connectivity index (χ3v) is 6.00. The van der Waals surface area contributed by atoms with Crippen molar-refractivity contribution in [2.24, 2.45) is 0 Å². The van der Waals surface area contributed by atoms with Gasteiger partial charge in [-0.3, -0.25) is 4.79 Å². The van der Waals surface area contributed by atoms with Crippen LogP contribution in [-0.4, -0.2) is 34.7 Å². The lowest BCUT2D eigenvalue weighted by Crippen LogP contribution is -2.48. The van der Waals surface area contributed by atoms with Gasteiger partial charge in [-0.15, -0.1) is 0 Å². The van der Waals surface area contributed by atoms with Crippen LogP contribution in [0, 0.1) is 11.6 Å². The molecule has 2 atom stereocenters. The number of aliphatic hydroxyl groups is 1. The Kier molecular flexibility index (Phi) is 8.77. The number of aryl methyl sites for hydroxylation is 1. The van der Waals surface area contributed by atoms with E-state index in [0.717, 1.165) is 18.1 Å². The van der Waals surface area contributed by atoms with Gasteiger partial charge in [0.15, 0.2) is 5.69 Å². The molecule has 0 unspecified atom stereocenters. The van der Waals surface area contributed by atoms with E-state index in [4.69, 9.17) is 4.42 Å². The molecule has 0 radical (unpaired) electrons. The van der Waals surface area contributed by atoms with Crippen molar-refractivity contribution in [2.45, 2.75) is 38.5 Å². The van der Waals surface area contributed by atoms with E-state index in [-0.39, 0.29) is 24.6 Å². The summed E-state index contributed by atoms with van der Waals surface area (Å²) in [4.78, 5) is 17.2. The average molecular weight is 506 g/mol. The van der Waals surface area contributed by atoms with Crippen molar-refractivity contribution in [3.05, 3.63) is 113 Å². The maximum absolute atomic E-state index is 13.8. The Balaban J connectivity index is 1.46. The number of oxazole rings is 1. The first kappa shape index (κ1) is 26.2. The number of halogens is 2.